The quantitative estimate of drug-likeness (QED) is 0.168. The fourth-order valence-electron chi connectivity index (χ4n) is 7.12. The van der Waals surface area contributed by atoms with Crippen molar-refractivity contribution in [3.63, 3.8) is 0 Å². The number of nitrogens with zero attached hydrogens (tertiary/aromatic N) is 3. The number of hydrogen-bond donors (Lipinski definition) is 1. The van der Waals surface area contributed by atoms with Gasteiger partial charge in [-0.15, -0.1) is 0 Å². The number of methoxy groups -OCH3 is 2. The molecule has 0 fully saturated rings. The van der Waals surface area contributed by atoms with Gasteiger partial charge in [0.15, 0.2) is 0 Å². The number of aryl methyl sites for hydroxylation is 3. The molecule has 0 saturated heterocycles. The molecule has 8 nitrogen and oxygen atoms in total. The van der Waals surface area contributed by atoms with E-state index in [0.29, 0.717) is 19.4 Å². The third-order valence-electron chi connectivity index (χ3n) is 10.1. The monoisotopic (exact) mass is 680 g/mol. The predicted molar refractivity (Wildman–Crippen MR) is 207 cm³/mol. The van der Waals surface area contributed by atoms with Crippen molar-refractivity contribution in [2.45, 2.75) is 59.9 Å². The van der Waals surface area contributed by atoms with Crippen molar-refractivity contribution in [1.82, 2.24) is 19.5 Å². The van der Waals surface area contributed by atoms with Crippen LogP contribution in [0.3, 0.4) is 0 Å². The van der Waals surface area contributed by atoms with E-state index in [2.05, 4.69) is 92.9 Å². The van der Waals surface area contributed by atoms with Gasteiger partial charge < -0.3 is 19.0 Å². The molecule has 0 atom stereocenters. The SMILES string of the molecule is C=CC1=C(C)c2cc3c(C=C)c(C)c(cc4nc(cc5[nH]c(cc1n2)c(C)c5CCC(=O)OC)C(CCC(=O)OC)=C4C)n3Cc1ccccc1. The van der Waals surface area contributed by atoms with Gasteiger partial charge in [0.2, 0.25) is 0 Å². The van der Waals surface area contributed by atoms with Crippen LogP contribution in [0.2, 0.25) is 0 Å². The molecule has 0 radical (unpaired) electrons. The molecule has 4 aromatic rings. The number of aromatic amines is 1. The molecule has 0 amide bonds. The first-order valence-corrected chi connectivity index (χ1v) is 17.2. The van der Waals surface area contributed by atoms with Crippen LogP contribution in [-0.2, 0) is 32.0 Å². The van der Waals surface area contributed by atoms with Crippen LogP contribution in [0.25, 0.3) is 50.4 Å². The van der Waals surface area contributed by atoms with Crippen molar-refractivity contribution >= 4 is 62.4 Å². The van der Waals surface area contributed by atoms with Gasteiger partial charge in [0.25, 0.3) is 0 Å². The lowest BCUT2D eigenvalue weighted by Crippen LogP contribution is -2.02. The number of nitrogens with one attached hydrogen (secondary N) is 1. The van der Waals surface area contributed by atoms with Gasteiger partial charge in [0.05, 0.1) is 42.5 Å². The number of allylic oxidation sites excluding steroid dienone is 5. The number of H-pyrrole nitrogens is 1. The molecule has 0 unspecified atom stereocenters. The Morgan fingerprint density at radius 1 is 0.745 bits per heavy atom. The Balaban J connectivity index is 1.77. The van der Waals surface area contributed by atoms with E-state index in [9.17, 15) is 9.59 Å². The summed E-state index contributed by atoms with van der Waals surface area (Å²) in [6.45, 7) is 17.3. The first kappa shape index (κ1) is 35.1. The molecule has 3 aromatic heterocycles. The molecule has 0 aliphatic carbocycles. The molecule has 260 valence electrons. The molecule has 8 heteroatoms. The highest BCUT2D eigenvalue weighted by Gasteiger charge is 2.22. The largest absolute Gasteiger partial charge is 0.469 e. The number of benzene rings is 1. The van der Waals surface area contributed by atoms with Gasteiger partial charge in [-0.2, -0.15) is 0 Å². The number of hydrogen-bond acceptors (Lipinski definition) is 6. The number of rotatable bonds is 10. The van der Waals surface area contributed by atoms with E-state index >= 15 is 0 Å². The molecule has 6 rings (SSSR count). The molecule has 51 heavy (non-hydrogen) atoms. The lowest BCUT2D eigenvalue weighted by molar-refractivity contribution is -0.141. The average Bonchev–Trinajstić information content (AvgIpc) is 3.78. The second-order valence-corrected chi connectivity index (χ2v) is 13.0. The van der Waals surface area contributed by atoms with E-state index in [1.807, 2.05) is 24.3 Å². The lowest BCUT2D eigenvalue weighted by Gasteiger charge is -2.08. The van der Waals surface area contributed by atoms with Crippen LogP contribution in [0.5, 0.6) is 0 Å². The van der Waals surface area contributed by atoms with Crippen LogP contribution in [-0.4, -0.2) is 45.7 Å². The van der Waals surface area contributed by atoms with Crippen molar-refractivity contribution < 1.29 is 19.1 Å². The zero-order valence-corrected chi connectivity index (χ0v) is 30.3. The standard InChI is InChI=1S/C43H44N4O4/c1-9-30-25(3)36-23-41-31(10-2)28(6)40(47(41)24-29-14-12-11-13-15-29)22-35-27(5)33(17-19-43(49)51-8)39(46-35)21-38-32(16-18-42(48)50-7)26(4)34(44-38)20-37(30)45-36/h9-15,20-23,44H,1-2,16-19,24H2,3-8H3. The second-order valence-electron chi connectivity index (χ2n) is 13.0. The zero-order chi connectivity index (χ0) is 36.4. The Labute approximate surface area is 298 Å². The molecule has 8 bridgehead atoms. The smallest absolute Gasteiger partial charge is 0.305 e. The molecule has 5 heterocycles. The number of esters is 2. The highest BCUT2D eigenvalue weighted by Crippen LogP contribution is 2.37. The molecule has 1 N–H and O–H groups in total. The van der Waals surface area contributed by atoms with Crippen molar-refractivity contribution in [2.24, 2.45) is 0 Å². The Kier molecular flexibility index (Phi) is 10.1. The highest BCUT2D eigenvalue weighted by atomic mass is 16.5. The van der Waals surface area contributed by atoms with Gasteiger partial charge in [0, 0.05) is 47.1 Å². The third-order valence-corrected chi connectivity index (χ3v) is 10.1. The van der Waals surface area contributed by atoms with Crippen molar-refractivity contribution in [1.29, 1.82) is 0 Å². The topological polar surface area (TPSA) is 99.1 Å². The maximum Gasteiger partial charge on any atom is 0.305 e. The summed E-state index contributed by atoms with van der Waals surface area (Å²) in [6.07, 6.45) is 5.16. The van der Waals surface area contributed by atoms with E-state index in [1.54, 1.807) is 0 Å². The third kappa shape index (κ3) is 6.74. The first-order valence-electron chi connectivity index (χ1n) is 17.2. The summed E-state index contributed by atoms with van der Waals surface area (Å²) >= 11 is 0. The number of ether oxygens (including phenoxy) is 2. The summed E-state index contributed by atoms with van der Waals surface area (Å²) < 4.78 is 12.3. The number of carbonyl (C=O) groups is 2. The lowest BCUT2D eigenvalue weighted by atomic mass is 10.00. The molecule has 2 aliphatic rings. The average molecular weight is 681 g/mol. The van der Waals surface area contributed by atoms with Crippen molar-refractivity contribution in [3.8, 4) is 0 Å². The van der Waals surface area contributed by atoms with E-state index in [4.69, 9.17) is 19.4 Å². The molecule has 0 spiro atoms. The molecular formula is C43H44N4O4. The molecule has 0 saturated carbocycles. The predicted octanol–water partition coefficient (Wildman–Crippen LogP) is 9.20. The van der Waals surface area contributed by atoms with Crippen LogP contribution in [0.1, 0.15) is 83.7 Å². The molecule has 2 aliphatic heterocycles. The summed E-state index contributed by atoms with van der Waals surface area (Å²) in [6, 6.07) is 18.8. The molecule has 1 aromatic carbocycles. The fourth-order valence-corrected chi connectivity index (χ4v) is 7.12. The zero-order valence-electron chi connectivity index (χ0n) is 30.3. The first-order chi connectivity index (χ1) is 24.6. The van der Waals surface area contributed by atoms with Crippen LogP contribution in [0.4, 0.5) is 0 Å². The molecular weight excluding hydrogens is 636 g/mol. The summed E-state index contributed by atoms with van der Waals surface area (Å²) in [7, 11) is 2.81. The van der Waals surface area contributed by atoms with E-state index < -0.39 is 0 Å². The maximum atomic E-state index is 12.4. The minimum atomic E-state index is -0.282. The number of carbonyl (C=O) groups excluding carboxylic acids is 2. The second kappa shape index (κ2) is 14.6. The Morgan fingerprint density at radius 2 is 1.37 bits per heavy atom. The Bertz CT molecular complexity index is 2320. The van der Waals surface area contributed by atoms with E-state index in [0.717, 1.165) is 95.0 Å². The Morgan fingerprint density at radius 3 is 2.04 bits per heavy atom. The summed E-state index contributed by atoms with van der Waals surface area (Å²) in [4.78, 5) is 38.7. The van der Waals surface area contributed by atoms with Gasteiger partial charge in [-0.05, 0) is 104 Å². The number of aromatic nitrogens is 4. The minimum absolute atomic E-state index is 0.221. The minimum Gasteiger partial charge on any atom is -0.469 e. The highest BCUT2D eigenvalue weighted by molar-refractivity contribution is 5.98. The van der Waals surface area contributed by atoms with Crippen LogP contribution in [0.15, 0.2) is 73.8 Å². The van der Waals surface area contributed by atoms with Crippen LogP contribution in [0, 0.1) is 13.8 Å². The summed E-state index contributed by atoms with van der Waals surface area (Å²) in [5.74, 6) is -0.562. The van der Waals surface area contributed by atoms with Gasteiger partial charge in [-0.25, -0.2) is 9.97 Å². The summed E-state index contributed by atoms with van der Waals surface area (Å²) in [5, 5.41) is 0. The van der Waals surface area contributed by atoms with Crippen molar-refractivity contribution in [3.05, 3.63) is 124 Å². The maximum absolute atomic E-state index is 12.4. The van der Waals surface area contributed by atoms with Crippen molar-refractivity contribution in [2.75, 3.05) is 14.2 Å². The van der Waals surface area contributed by atoms with Crippen LogP contribution >= 0.6 is 0 Å². The number of fused-ring (bicyclic) bond motifs is 8. The van der Waals surface area contributed by atoms with Gasteiger partial charge >= 0.3 is 11.9 Å². The normalized spacial score (nSPS) is 12.7. The Hall–Kier alpha value is -5.76. The van der Waals surface area contributed by atoms with Crippen LogP contribution < -0.4 is 0 Å². The van der Waals surface area contributed by atoms with Gasteiger partial charge in [-0.3, -0.25) is 9.59 Å². The van der Waals surface area contributed by atoms with Gasteiger partial charge in [-0.1, -0.05) is 55.6 Å². The van der Waals surface area contributed by atoms with E-state index in [1.165, 1.54) is 14.2 Å². The fraction of sp³-hybridized carbons (Fsp3) is 0.256. The summed E-state index contributed by atoms with van der Waals surface area (Å²) in [5.41, 5.74) is 16.1. The van der Waals surface area contributed by atoms with E-state index in [-0.39, 0.29) is 24.8 Å². The van der Waals surface area contributed by atoms with Gasteiger partial charge in [0.1, 0.15) is 0 Å².